The molecule has 0 spiro atoms. The highest BCUT2D eigenvalue weighted by Gasteiger charge is 2.26. The summed E-state index contributed by atoms with van der Waals surface area (Å²) in [5.41, 5.74) is 0.239. The van der Waals surface area contributed by atoms with Gasteiger partial charge >= 0.3 is 5.69 Å². The number of hydrogen-bond donors (Lipinski definition) is 1. The molecule has 0 bridgehead atoms. The molecule has 1 amide bonds. The van der Waals surface area contributed by atoms with Crippen LogP contribution in [0.1, 0.15) is 16.1 Å². The minimum absolute atomic E-state index is 0.185. The molecule has 0 fully saturated rings. The Morgan fingerprint density at radius 3 is 2.73 bits per heavy atom. The molecule has 0 saturated heterocycles. The van der Waals surface area contributed by atoms with E-state index in [4.69, 9.17) is 0 Å². The molecule has 0 aliphatic carbocycles. The van der Waals surface area contributed by atoms with Gasteiger partial charge in [0.05, 0.1) is 15.9 Å². The average Bonchev–Trinajstić information content (AvgIpc) is 3.13. The molecule has 2 heterocycles. The Kier molecular flexibility index (Phi) is 4.80. The lowest BCUT2D eigenvalue weighted by molar-refractivity contribution is -0.385. The maximum Gasteiger partial charge on any atom is 0.320 e. The number of amides is 1. The van der Waals surface area contributed by atoms with Crippen molar-refractivity contribution in [1.82, 2.24) is 19.6 Å². The van der Waals surface area contributed by atoms with Crippen LogP contribution in [0.2, 0.25) is 0 Å². The van der Waals surface area contributed by atoms with Gasteiger partial charge in [0.25, 0.3) is 5.91 Å². The Morgan fingerprint density at radius 1 is 1.38 bits per heavy atom. The van der Waals surface area contributed by atoms with Crippen molar-refractivity contribution in [2.75, 3.05) is 5.32 Å². The first-order valence-corrected chi connectivity index (χ1v) is 8.09. The predicted molar refractivity (Wildman–Crippen MR) is 93.2 cm³/mol. The van der Waals surface area contributed by atoms with E-state index < -0.39 is 16.5 Å². The number of aromatic nitrogens is 4. The van der Waals surface area contributed by atoms with E-state index in [-0.39, 0.29) is 17.3 Å². The van der Waals surface area contributed by atoms with E-state index in [0.29, 0.717) is 11.0 Å². The van der Waals surface area contributed by atoms with Crippen LogP contribution in [0.4, 0.5) is 15.9 Å². The van der Waals surface area contributed by atoms with Gasteiger partial charge in [0.2, 0.25) is 5.69 Å². The number of benzene rings is 1. The van der Waals surface area contributed by atoms with Gasteiger partial charge in [0.15, 0.2) is 5.82 Å². The molecule has 3 aromatic rings. The minimum atomic E-state index is -0.704. The van der Waals surface area contributed by atoms with Gasteiger partial charge in [-0.05, 0) is 33.6 Å². The summed E-state index contributed by atoms with van der Waals surface area (Å²) >= 11 is 3.29. The van der Waals surface area contributed by atoms with Crippen LogP contribution in [-0.4, -0.2) is 30.4 Å². The van der Waals surface area contributed by atoms with Crippen molar-refractivity contribution in [3.8, 4) is 0 Å². The number of hydrogen-bond acceptors (Lipinski definition) is 5. The Hall–Kier alpha value is -3.08. The molecule has 1 aromatic carbocycles. The SMILES string of the molecule is Cn1ncc([N+](=O)[O-])c1C(=O)Nc1nn(Cc2ccc(F)cc2)cc1Br. The highest BCUT2D eigenvalue weighted by molar-refractivity contribution is 9.10. The second kappa shape index (κ2) is 7.04. The van der Waals surface area contributed by atoms with Gasteiger partial charge in [-0.25, -0.2) is 4.39 Å². The maximum absolute atomic E-state index is 13.0. The van der Waals surface area contributed by atoms with E-state index in [1.165, 1.54) is 19.2 Å². The number of anilines is 1. The number of aryl methyl sites for hydroxylation is 1. The first kappa shape index (κ1) is 17.7. The van der Waals surface area contributed by atoms with Crippen LogP contribution in [0, 0.1) is 15.9 Å². The molecular formula is C15H12BrFN6O3. The quantitative estimate of drug-likeness (QED) is 0.502. The van der Waals surface area contributed by atoms with Crippen molar-refractivity contribution in [2.24, 2.45) is 7.05 Å². The summed E-state index contributed by atoms with van der Waals surface area (Å²) in [7, 11) is 1.43. The predicted octanol–water partition coefficient (Wildman–Crippen LogP) is 2.73. The number of nitrogens with zero attached hydrogens (tertiary/aromatic N) is 5. The summed E-state index contributed by atoms with van der Waals surface area (Å²) in [6.07, 6.45) is 2.65. The summed E-state index contributed by atoms with van der Waals surface area (Å²) in [6.45, 7) is 0.362. The number of nitro groups is 1. The molecule has 2 aromatic heterocycles. The number of rotatable bonds is 5. The van der Waals surface area contributed by atoms with E-state index in [0.717, 1.165) is 16.4 Å². The van der Waals surface area contributed by atoms with Crippen LogP contribution in [0.5, 0.6) is 0 Å². The summed E-state index contributed by atoms with van der Waals surface area (Å²) in [5, 5.41) is 21.5. The molecule has 0 aliphatic rings. The van der Waals surface area contributed by atoms with Crippen LogP contribution >= 0.6 is 15.9 Å². The molecule has 9 nitrogen and oxygen atoms in total. The maximum atomic E-state index is 13.0. The second-order valence-corrected chi connectivity index (χ2v) is 6.22. The van der Waals surface area contributed by atoms with Gasteiger partial charge < -0.3 is 5.32 Å². The van der Waals surface area contributed by atoms with Crippen molar-refractivity contribution in [3.63, 3.8) is 0 Å². The summed E-state index contributed by atoms with van der Waals surface area (Å²) < 4.78 is 16.1. The Morgan fingerprint density at radius 2 is 2.08 bits per heavy atom. The Labute approximate surface area is 154 Å². The number of carbonyl (C=O) groups excluding carboxylic acids is 1. The van der Waals surface area contributed by atoms with Crippen molar-refractivity contribution >= 4 is 33.3 Å². The smallest absolute Gasteiger partial charge is 0.303 e. The molecule has 26 heavy (non-hydrogen) atoms. The molecule has 3 rings (SSSR count). The molecule has 0 unspecified atom stereocenters. The van der Waals surface area contributed by atoms with Crippen LogP contribution in [-0.2, 0) is 13.6 Å². The van der Waals surface area contributed by atoms with Crippen LogP contribution in [0.15, 0.2) is 41.1 Å². The molecule has 0 aliphatic heterocycles. The first-order chi connectivity index (χ1) is 12.3. The molecule has 0 saturated carbocycles. The molecular weight excluding hydrogens is 411 g/mol. The van der Waals surface area contributed by atoms with E-state index in [1.807, 2.05) is 0 Å². The highest BCUT2D eigenvalue weighted by atomic mass is 79.9. The fourth-order valence-electron chi connectivity index (χ4n) is 2.33. The van der Waals surface area contributed by atoms with Crippen molar-refractivity contribution in [1.29, 1.82) is 0 Å². The summed E-state index contributed by atoms with van der Waals surface area (Å²) in [5.74, 6) is -0.835. The zero-order chi connectivity index (χ0) is 18.8. The lowest BCUT2D eigenvalue weighted by Crippen LogP contribution is -2.18. The topological polar surface area (TPSA) is 108 Å². The van der Waals surface area contributed by atoms with Crippen LogP contribution < -0.4 is 5.32 Å². The van der Waals surface area contributed by atoms with Crippen molar-refractivity contribution in [3.05, 3.63) is 68.3 Å². The fourth-order valence-corrected chi connectivity index (χ4v) is 2.74. The number of nitrogens with one attached hydrogen (secondary N) is 1. The zero-order valence-electron chi connectivity index (χ0n) is 13.4. The average molecular weight is 423 g/mol. The van der Waals surface area contributed by atoms with Gasteiger partial charge in [-0.15, -0.1) is 0 Å². The minimum Gasteiger partial charge on any atom is -0.303 e. The van der Waals surface area contributed by atoms with E-state index in [1.54, 1.807) is 23.0 Å². The fraction of sp³-hybridized carbons (Fsp3) is 0.133. The van der Waals surface area contributed by atoms with Crippen molar-refractivity contribution < 1.29 is 14.1 Å². The van der Waals surface area contributed by atoms with E-state index in [2.05, 4.69) is 31.4 Å². The molecule has 0 atom stereocenters. The number of halogens is 2. The van der Waals surface area contributed by atoms with Gasteiger partial charge in [0, 0.05) is 13.2 Å². The number of carbonyl (C=O) groups is 1. The second-order valence-electron chi connectivity index (χ2n) is 5.36. The molecule has 1 N–H and O–H groups in total. The third-order valence-corrected chi connectivity index (χ3v) is 4.12. The highest BCUT2D eigenvalue weighted by Crippen LogP contribution is 2.23. The lowest BCUT2D eigenvalue weighted by atomic mass is 10.2. The zero-order valence-corrected chi connectivity index (χ0v) is 15.0. The Bertz CT molecular complexity index is 982. The van der Waals surface area contributed by atoms with Crippen molar-refractivity contribution in [2.45, 2.75) is 6.54 Å². The van der Waals surface area contributed by atoms with Gasteiger partial charge in [0.1, 0.15) is 12.0 Å². The van der Waals surface area contributed by atoms with Gasteiger partial charge in [-0.2, -0.15) is 10.2 Å². The van der Waals surface area contributed by atoms with Gasteiger partial charge in [-0.3, -0.25) is 24.3 Å². The van der Waals surface area contributed by atoms with E-state index >= 15 is 0 Å². The lowest BCUT2D eigenvalue weighted by Gasteiger charge is -2.03. The molecule has 134 valence electrons. The first-order valence-electron chi connectivity index (χ1n) is 7.30. The molecule has 11 heteroatoms. The largest absolute Gasteiger partial charge is 0.320 e. The van der Waals surface area contributed by atoms with E-state index in [9.17, 15) is 19.3 Å². The summed E-state index contributed by atoms with van der Waals surface area (Å²) in [6, 6.07) is 5.94. The standard InChI is InChI=1S/C15H12BrFN6O3/c1-21-13(12(6-18-21)23(25)26)15(24)19-14-11(16)8-22(20-14)7-9-2-4-10(17)5-3-9/h2-6,8H,7H2,1H3,(H,19,20,24). The third kappa shape index (κ3) is 3.61. The Balaban J connectivity index is 1.79. The van der Waals surface area contributed by atoms with Crippen LogP contribution in [0.3, 0.4) is 0 Å². The van der Waals surface area contributed by atoms with Crippen LogP contribution in [0.25, 0.3) is 0 Å². The summed E-state index contributed by atoms with van der Waals surface area (Å²) in [4.78, 5) is 22.7. The molecule has 0 radical (unpaired) electrons. The monoisotopic (exact) mass is 422 g/mol. The third-order valence-electron chi connectivity index (χ3n) is 3.54. The van der Waals surface area contributed by atoms with Gasteiger partial charge in [-0.1, -0.05) is 12.1 Å². The normalized spacial score (nSPS) is 10.7.